The Morgan fingerprint density at radius 2 is 1.85 bits per heavy atom. The van der Waals surface area contributed by atoms with Gasteiger partial charge in [-0.1, -0.05) is 26.7 Å². The van der Waals surface area contributed by atoms with Crippen LogP contribution in [0.25, 0.3) is 0 Å². The molecule has 20 heavy (non-hydrogen) atoms. The van der Waals surface area contributed by atoms with Gasteiger partial charge in [0.1, 0.15) is 5.82 Å². The summed E-state index contributed by atoms with van der Waals surface area (Å²) >= 11 is 0. The van der Waals surface area contributed by atoms with Crippen molar-refractivity contribution >= 4 is 15.7 Å². The molecule has 0 amide bonds. The van der Waals surface area contributed by atoms with Crippen molar-refractivity contribution in [3.8, 4) is 0 Å². The Hall–Kier alpha value is -1.14. The molecule has 1 aromatic rings. The molecule has 1 rings (SSSR count). The summed E-state index contributed by atoms with van der Waals surface area (Å²) in [4.78, 5) is -0.134. The lowest BCUT2D eigenvalue weighted by atomic mass is 10.0. The highest BCUT2D eigenvalue weighted by molar-refractivity contribution is 7.89. The van der Waals surface area contributed by atoms with Crippen molar-refractivity contribution in [2.75, 3.05) is 5.73 Å². The second-order valence-electron chi connectivity index (χ2n) is 5.57. The van der Waals surface area contributed by atoms with E-state index < -0.39 is 15.8 Å². The van der Waals surface area contributed by atoms with E-state index >= 15 is 0 Å². The van der Waals surface area contributed by atoms with E-state index in [2.05, 4.69) is 18.6 Å². The molecule has 0 heterocycles. The zero-order valence-electron chi connectivity index (χ0n) is 12.2. The van der Waals surface area contributed by atoms with Crippen LogP contribution in [0.5, 0.6) is 0 Å². The highest BCUT2D eigenvalue weighted by Crippen LogP contribution is 2.17. The van der Waals surface area contributed by atoms with Crippen LogP contribution in [0.2, 0.25) is 0 Å². The maximum absolute atomic E-state index is 13.2. The van der Waals surface area contributed by atoms with Crippen molar-refractivity contribution in [3.63, 3.8) is 0 Å². The smallest absolute Gasteiger partial charge is 0.240 e. The van der Waals surface area contributed by atoms with E-state index in [0.29, 0.717) is 5.92 Å². The SMILES string of the molecule is CC(C)CCCC(C)NS(=O)(=O)c1cc(N)cc(F)c1. The third kappa shape index (κ3) is 5.46. The molecule has 0 aliphatic heterocycles. The number of hydrogen-bond donors (Lipinski definition) is 2. The lowest BCUT2D eigenvalue weighted by Crippen LogP contribution is -2.32. The third-order valence-corrected chi connectivity index (χ3v) is 4.55. The second kappa shape index (κ2) is 7.04. The Kier molecular flexibility index (Phi) is 5.95. The first-order valence-corrected chi connectivity index (χ1v) is 8.27. The first-order chi connectivity index (χ1) is 9.20. The van der Waals surface area contributed by atoms with Crippen LogP contribution in [0.4, 0.5) is 10.1 Å². The number of sulfonamides is 1. The highest BCUT2D eigenvalue weighted by atomic mass is 32.2. The Balaban J connectivity index is 2.69. The van der Waals surface area contributed by atoms with Crippen LogP contribution in [-0.4, -0.2) is 14.5 Å². The van der Waals surface area contributed by atoms with Gasteiger partial charge in [0.2, 0.25) is 10.0 Å². The normalized spacial score (nSPS) is 13.7. The first-order valence-electron chi connectivity index (χ1n) is 6.79. The predicted octanol–water partition coefficient (Wildman–Crippen LogP) is 2.90. The van der Waals surface area contributed by atoms with Gasteiger partial charge in [0.25, 0.3) is 0 Å². The van der Waals surface area contributed by atoms with Gasteiger partial charge in [-0.2, -0.15) is 0 Å². The number of nitrogen functional groups attached to an aromatic ring is 1. The van der Waals surface area contributed by atoms with E-state index in [1.165, 1.54) is 6.07 Å². The molecule has 0 saturated carbocycles. The van der Waals surface area contributed by atoms with Gasteiger partial charge in [-0.25, -0.2) is 17.5 Å². The minimum Gasteiger partial charge on any atom is -0.399 e. The topological polar surface area (TPSA) is 72.2 Å². The molecule has 0 fully saturated rings. The van der Waals surface area contributed by atoms with Gasteiger partial charge in [-0.3, -0.25) is 0 Å². The summed E-state index contributed by atoms with van der Waals surface area (Å²) in [5.41, 5.74) is 5.56. The average Bonchev–Trinajstić information content (AvgIpc) is 2.26. The average molecular weight is 302 g/mol. The largest absolute Gasteiger partial charge is 0.399 e. The minimum atomic E-state index is -3.73. The summed E-state index contributed by atoms with van der Waals surface area (Å²) in [6.45, 7) is 6.06. The summed E-state index contributed by atoms with van der Waals surface area (Å²) in [5.74, 6) is -0.0559. The van der Waals surface area contributed by atoms with Crippen LogP contribution in [-0.2, 0) is 10.0 Å². The van der Waals surface area contributed by atoms with Crippen LogP contribution in [0.3, 0.4) is 0 Å². The number of rotatable bonds is 7. The molecular formula is C14H23FN2O2S. The maximum Gasteiger partial charge on any atom is 0.240 e. The van der Waals surface area contributed by atoms with Gasteiger partial charge in [0.05, 0.1) is 4.90 Å². The van der Waals surface area contributed by atoms with Gasteiger partial charge >= 0.3 is 0 Å². The van der Waals surface area contributed by atoms with Gasteiger partial charge in [0, 0.05) is 11.7 Å². The summed E-state index contributed by atoms with van der Waals surface area (Å²) in [6.07, 6.45) is 2.76. The second-order valence-corrected chi connectivity index (χ2v) is 7.28. The number of nitrogens with one attached hydrogen (secondary N) is 1. The lowest BCUT2D eigenvalue weighted by Gasteiger charge is -2.15. The van der Waals surface area contributed by atoms with E-state index in [1.807, 2.05) is 0 Å². The van der Waals surface area contributed by atoms with Crippen molar-refractivity contribution in [1.29, 1.82) is 0 Å². The molecule has 114 valence electrons. The standard InChI is InChI=1S/C14H23FN2O2S/c1-10(2)5-4-6-11(3)17-20(18,19)14-8-12(15)7-13(16)9-14/h7-11,17H,4-6,16H2,1-3H3. The molecule has 0 spiro atoms. The molecule has 1 unspecified atom stereocenters. The fourth-order valence-electron chi connectivity index (χ4n) is 1.96. The molecule has 4 nitrogen and oxygen atoms in total. The van der Waals surface area contributed by atoms with Crippen molar-refractivity contribution in [3.05, 3.63) is 24.0 Å². The zero-order chi connectivity index (χ0) is 15.3. The molecule has 0 aliphatic rings. The van der Waals surface area contributed by atoms with E-state index in [1.54, 1.807) is 6.92 Å². The van der Waals surface area contributed by atoms with Crippen LogP contribution < -0.4 is 10.5 Å². The summed E-state index contributed by atoms with van der Waals surface area (Å²) in [6, 6.07) is 3.12. The molecule has 0 radical (unpaired) electrons. The number of hydrogen-bond acceptors (Lipinski definition) is 3. The van der Waals surface area contributed by atoms with Gasteiger partial charge < -0.3 is 5.73 Å². The monoisotopic (exact) mass is 302 g/mol. The number of anilines is 1. The summed E-state index contributed by atoms with van der Waals surface area (Å²) in [7, 11) is -3.73. The number of nitrogens with two attached hydrogens (primary N) is 1. The quantitative estimate of drug-likeness (QED) is 0.761. The fraction of sp³-hybridized carbons (Fsp3) is 0.571. The van der Waals surface area contributed by atoms with Crippen LogP contribution in [0, 0.1) is 11.7 Å². The van der Waals surface area contributed by atoms with Crippen LogP contribution >= 0.6 is 0 Å². The summed E-state index contributed by atoms with van der Waals surface area (Å²) < 4.78 is 40.0. The highest BCUT2D eigenvalue weighted by Gasteiger charge is 2.18. The maximum atomic E-state index is 13.2. The molecule has 6 heteroatoms. The van der Waals surface area contributed by atoms with E-state index in [4.69, 9.17) is 5.73 Å². The van der Waals surface area contributed by atoms with E-state index in [0.717, 1.165) is 31.4 Å². The number of benzene rings is 1. The van der Waals surface area contributed by atoms with Gasteiger partial charge in [-0.05, 0) is 37.5 Å². The lowest BCUT2D eigenvalue weighted by molar-refractivity contribution is 0.488. The Labute approximate surface area is 120 Å². The molecule has 3 N–H and O–H groups in total. The van der Waals surface area contributed by atoms with Crippen molar-refractivity contribution in [2.45, 2.75) is 51.0 Å². The van der Waals surface area contributed by atoms with Crippen LogP contribution in [0.15, 0.2) is 23.1 Å². The van der Waals surface area contributed by atoms with Crippen LogP contribution in [0.1, 0.15) is 40.0 Å². The Morgan fingerprint density at radius 1 is 1.20 bits per heavy atom. The first kappa shape index (κ1) is 16.9. The van der Waals surface area contributed by atoms with E-state index in [9.17, 15) is 12.8 Å². The molecule has 0 bridgehead atoms. The predicted molar refractivity (Wildman–Crippen MR) is 79.3 cm³/mol. The minimum absolute atomic E-state index is 0.0952. The van der Waals surface area contributed by atoms with Crippen molar-refractivity contribution < 1.29 is 12.8 Å². The zero-order valence-corrected chi connectivity index (χ0v) is 13.0. The molecule has 0 aliphatic carbocycles. The summed E-state index contributed by atoms with van der Waals surface area (Å²) in [5, 5.41) is 0. The van der Waals surface area contributed by atoms with Gasteiger partial charge in [0.15, 0.2) is 0 Å². The third-order valence-electron chi connectivity index (χ3n) is 2.98. The van der Waals surface area contributed by atoms with Gasteiger partial charge in [-0.15, -0.1) is 0 Å². The van der Waals surface area contributed by atoms with Crippen molar-refractivity contribution in [1.82, 2.24) is 4.72 Å². The number of halogens is 1. The fourth-order valence-corrected chi connectivity index (χ4v) is 3.31. The molecule has 1 aromatic carbocycles. The molecule has 1 atom stereocenters. The van der Waals surface area contributed by atoms with Crippen molar-refractivity contribution in [2.24, 2.45) is 5.92 Å². The van der Waals surface area contributed by atoms with E-state index in [-0.39, 0.29) is 16.6 Å². The Bertz CT molecular complexity index is 524. The molecule has 0 aromatic heterocycles. The molecular weight excluding hydrogens is 279 g/mol. The molecule has 0 saturated heterocycles. The Morgan fingerprint density at radius 3 is 2.40 bits per heavy atom.